The number of carboxylic acids is 1. The van der Waals surface area contributed by atoms with E-state index in [1.807, 2.05) is 31.2 Å². The second-order valence-electron chi connectivity index (χ2n) is 6.72. The van der Waals surface area contributed by atoms with E-state index in [-0.39, 0.29) is 16.1 Å². The second-order valence-corrected chi connectivity index (χ2v) is 7.53. The van der Waals surface area contributed by atoms with E-state index < -0.39 is 5.97 Å². The van der Waals surface area contributed by atoms with Crippen LogP contribution in [0.5, 0.6) is 0 Å². The number of hydrogen-bond donors (Lipinski definition) is 2. The topological polar surface area (TPSA) is 71.3 Å². The van der Waals surface area contributed by atoms with Gasteiger partial charge in [0.1, 0.15) is 5.02 Å². The van der Waals surface area contributed by atoms with Crippen molar-refractivity contribution < 1.29 is 9.90 Å². The lowest BCUT2D eigenvalue weighted by atomic mass is 10.1. The number of halogens is 2. The van der Waals surface area contributed by atoms with Crippen LogP contribution in [0.15, 0.2) is 59.4 Å². The van der Waals surface area contributed by atoms with Gasteiger partial charge in [0.2, 0.25) is 0 Å². The van der Waals surface area contributed by atoms with Crippen molar-refractivity contribution in [3.8, 4) is 0 Å². The molecule has 7 heteroatoms. The summed E-state index contributed by atoms with van der Waals surface area (Å²) in [5.41, 5.74) is 3.53. The molecule has 29 heavy (non-hydrogen) atoms. The van der Waals surface area contributed by atoms with Crippen LogP contribution in [0.4, 0.5) is 5.69 Å². The van der Waals surface area contributed by atoms with Crippen molar-refractivity contribution >= 4 is 34.9 Å². The first-order valence-electron chi connectivity index (χ1n) is 9.05. The Hall–Kier alpha value is -2.76. The summed E-state index contributed by atoms with van der Waals surface area (Å²) < 4.78 is 1.57. The van der Waals surface area contributed by atoms with Gasteiger partial charge in [0.05, 0.1) is 22.8 Å². The van der Waals surface area contributed by atoms with Gasteiger partial charge < -0.3 is 15.0 Å². The highest BCUT2D eigenvalue weighted by Gasteiger charge is 2.13. The predicted molar refractivity (Wildman–Crippen MR) is 116 cm³/mol. The molecule has 2 N–H and O–H groups in total. The number of nitrogens with one attached hydrogen (secondary N) is 1. The number of rotatable bonds is 7. The van der Waals surface area contributed by atoms with Crippen LogP contribution in [-0.2, 0) is 19.5 Å². The van der Waals surface area contributed by atoms with Gasteiger partial charge in [0.25, 0.3) is 5.56 Å². The molecule has 1 aromatic heterocycles. The molecule has 0 fully saturated rings. The fourth-order valence-electron chi connectivity index (χ4n) is 3.05. The lowest BCUT2D eigenvalue weighted by Crippen LogP contribution is -2.26. The smallest absolute Gasteiger partial charge is 0.335 e. The highest BCUT2D eigenvalue weighted by molar-refractivity contribution is 6.34. The Labute approximate surface area is 178 Å². The van der Waals surface area contributed by atoms with Gasteiger partial charge in [0.15, 0.2) is 0 Å². The van der Waals surface area contributed by atoms with Crippen LogP contribution in [0.2, 0.25) is 10.0 Å². The first-order valence-corrected chi connectivity index (χ1v) is 9.81. The highest BCUT2D eigenvalue weighted by atomic mass is 35.5. The van der Waals surface area contributed by atoms with Gasteiger partial charge in [-0.15, -0.1) is 0 Å². The van der Waals surface area contributed by atoms with Gasteiger partial charge in [-0.1, -0.05) is 47.5 Å². The number of pyridine rings is 1. The number of aromatic carboxylic acids is 1. The average Bonchev–Trinajstić information content (AvgIpc) is 2.69. The van der Waals surface area contributed by atoms with Crippen molar-refractivity contribution in [3.63, 3.8) is 0 Å². The molecular weight excluding hydrogens is 411 g/mol. The quantitative estimate of drug-likeness (QED) is 0.551. The molecule has 3 aromatic rings. The number of benzene rings is 2. The van der Waals surface area contributed by atoms with Crippen molar-refractivity contribution in [2.45, 2.75) is 26.4 Å². The largest absolute Gasteiger partial charge is 0.478 e. The maximum Gasteiger partial charge on any atom is 0.335 e. The number of nitrogens with zero attached hydrogens (tertiary/aromatic N) is 1. The van der Waals surface area contributed by atoms with Gasteiger partial charge in [-0.2, -0.15) is 0 Å². The zero-order valence-electron chi connectivity index (χ0n) is 15.8. The normalized spacial score (nSPS) is 10.7. The molecule has 0 radical (unpaired) electrons. The Balaban J connectivity index is 1.82. The molecule has 0 saturated carbocycles. The summed E-state index contributed by atoms with van der Waals surface area (Å²) in [6.07, 6.45) is 0.536. The zero-order chi connectivity index (χ0) is 21.0. The van der Waals surface area contributed by atoms with Crippen molar-refractivity contribution in [1.29, 1.82) is 0 Å². The third-order valence-corrected chi connectivity index (χ3v) is 5.21. The molecule has 2 aromatic carbocycles. The van der Waals surface area contributed by atoms with Crippen LogP contribution >= 0.6 is 23.2 Å². The Morgan fingerprint density at radius 2 is 1.79 bits per heavy atom. The minimum Gasteiger partial charge on any atom is -0.478 e. The number of aromatic nitrogens is 1. The van der Waals surface area contributed by atoms with E-state index in [9.17, 15) is 9.59 Å². The van der Waals surface area contributed by atoms with E-state index in [1.165, 1.54) is 6.07 Å². The molecule has 0 bridgehead atoms. The molecule has 0 unspecified atom stereocenters. The number of anilines is 1. The Morgan fingerprint density at radius 1 is 1.07 bits per heavy atom. The minimum atomic E-state index is -0.973. The Morgan fingerprint density at radius 3 is 2.45 bits per heavy atom. The zero-order valence-corrected chi connectivity index (χ0v) is 17.3. The summed E-state index contributed by atoms with van der Waals surface area (Å²) in [6.45, 7) is 2.75. The number of carbonyl (C=O) groups is 1. The van der Waals surface area contributed by atoms with Crippen LogP contribution in [0.3, 0.4) is 0 Å². The van der Waals surface area contributed by atoms with E-state index in [0.717, 1.165) is 16.8 Å². The third kappa shape index (κ3) is 5.19. The summed E-state index contributed by atoms with van der Waals surface area (Å²) in [7, 11) is 0. The van der Waals surface area contributed by atoms with Crippen LogP contribution in [0, 0.1) is 6.92 Å². The summed E-state index contributed by atoms with van der Waals surface area (Å²) in [6, 6.07) is 16.0. The van der Waals surface area contributed by atoms with Crippen molar-refractivity contribution in [2.75, 3.05) is 5.32 Å². The maximum absolute atomic E-state index is 12.6. The molecule has 5 nitrogen and oxygen atoms in total. The standard InChI is InChI=1S/C22H20Cl2N2O3/c1-14-3-2-4-17(11-14)25-13-20-18(23)12-19(24)21(27)26(20)10-9-15-5-7-16(8-6-15)22(28)29/h2-8,11-12,25H,9-10,13H2,1H3,(H,28,29). The van der Waals surface area contributed by atoms with E-state index in [1.54, 1.807) is 28.8 Å². The third-order valence-electron chi connectivity index (χ3n) is 4.61. The SMILES string of the molecule is Cc1cccc(NCc2c(Cl)cc(Cl)c(=O)n2CCc2ccc(C(=O)O)cc2)c1. The van der Waals surface area contributed by atoms with E-state index >= 15 is 0 Å². The van der Waals surface area contributed by atoms with E-state index in [0.29, 0.717) is 30.2 Å². The van der Waals surface area contributed by atoms with Gasteiger partial charge in [-0.25, -0.2) is 4.79 Å². The molecule has 1 heterocycles. The molecule has 3 rings (SSSR count). The lowest BCUT2D eigenvalue weighted by molar-refractivity contribution is 0.0697. The van der Waals surface area contributed by atoms with Crippen LogP contribution in [0.25, 0.3) is 0 Å². The van der Waals surface area contributed by atoms with Crippen molar-refractivity contribution in [1.82, 2.24) is 4.57 Å². The van der Waals surface area contributed by atoms with Gasteiger partial charge in [0, 0.05) is 12.2 Å². The number of carboxylic acid groups (broad SMARTS) is 1. The van der Waals surface area contributed by atoms with Crippen LogP contribution < -0.4 is 10.9 Å². The van der Waals surface area contributed by atoms with Crippen molar-refractivity contribution in [2.24, 2.45) is 0 Å². The van der Waals surface area contributed by atoms with E-state index in [4.69, 9.17) is 28.3 Å². The monoisotopic (exact) mass is 430 g/mol. The molecule has 0 aliphatic rings. The molecule has 150 valence electrons. The highest BCUT2D eigenvalue weighted by Crippen LogP contribution is 2.21. The summed E-state index contributed by atoms with van der Waals surface area (Å²) in [5, 5.41) is 12.8. The molecule has 0 amide bonds. The summed E-state index contributed by atoms with van der Waals surface area (Å²) >= 11 is 12.5. The predicted octanol–water partition coefficient (Wildman–Crippen LogP) is 5.02. The maximum atomic E-state index is 12.6. The summed E-state index contributed by atoms with van der Waals surface area (Å²) in [5.74, 6) is -0.973. The van der Waals surface area contributed by atoms with Crippen LogP contribution in [0.1, 0.15) is 27.2 Å². The van der Waals surface area contributed by atoms with Gasteiger partial charge in [-0.05, 0) is 54.8 Å². The molecule has 0 atom stereocenters. The fourth-order valence-corrected chi connectivity index (χ4v) is 3.59. The lowest BCUT2D eigenvalue weighted by Gasteiger charge is -2.17. The summed E-state index contributed by atoms with van der Waals surface area (Å²) in [4.78, 5) is 23.6. The van der Waals surface area contributed by atoms with Crippen LogP contribution in [-0.4, -0.2) is 15.6 Å². The van der Waals surface area contributed by atoms with Crippen molar-refractivity contribution in [3.05, 3.63) is 97.4 Å². The Bertz CT molecular complexity index is 1090. The minimum absolute atomic E-state index is 0.0653. The molecule has 0 aliphatic carbocycles. The number of hydrogen-bond acceptors (Lipinski definition) is 3. The van der Waals surface area contributed by atoms with E-state index in [2.05, 4.69) is 5.32 Å². The Kier molecular flexibility index (Phi) is 6.62. The van der Waals surface area contributed by atoms with Gasteiger partial charge in [-0.3, -0.25) is 4.79 Å². The molecule has 0 saturated heterocycles. The second kappa shape index (κ2) is 9.16. The molecule has 0 spiro atoms. The number of aryl methyl sites for hydroxylation is 2. The first kappa shape index (κ1) is 21.0. The first-order chi connectivity index (χ1) is 13.8. The fraction of sp³-hybridized carbons (Fsp3) is 0.182. The molecular formula is C22H20Cl2N2O3. The molecule has 0 aliphatic heterocycles. The average molecular weight is 431 g/mol. The van der Waals surface area contributed by atoms with Gasteiger partial charge >= 0.3 is 5.97 Å².